The molecule has 9 heteroatoms. The Kier molecular flexibility index (Phi) is 10.2. The molecule has 46 heavy (non-hydrogen) atoms. The first-order valence-electron chi connectivity index (χ1n) is 15.1. The summed E-state index contributed by atoms with van der Waals surface area (Å²) in [6, 6.07) is 26.2. The van der Waals surface area contributed by atoms with Crippen molar-refractivity contribution < 1.29 is 38.0 Å². The Balaban J connectivity index is 1.71. The minimum Gasteiger partial charge on any atom is -0.493 e. The lowest BCUT2D eigenvalue weighted by atomic mass is 9.83. The monoisotopic (exact) mass is 627 g/mol. The SMILES string of the molecule is COc1cc([C@H](c2cc3c(cc2OCc2ccccc2)OCO3)[C@H](NCc2ccccc2)C(=O)OC(C)(C)C)cc(OC)c1OC. The van der Waals surface area contributed by atoms with Gasteiger partial charge in [-0.25, -0.2) is 0 Å². The summed E-state index contributed by atoms with van der Waals surface area (Å²) in [7, 11) is 4.67. The van der Waals surface area contributed by atoms with Crippen LogP contribution in [0, 0.1) is 0 Å². The maximum atomic E-state index is 14.3. The molecule has 0 amide bonds. The van der Waals surface area contributed by atoms with Crippen LogP contribution < -0.4 is 33.7 Å². The number of hydrogen-bond acceptors (Lipinski definition) is 9. The largest absolute Gasteiger partial charge is 0.493 e. The number of carbonyl (C=O) groups is 1. The molecule has 1 aliphatic heterocycles. The summed E-state index contributed by atoms with van der Waals surface area (Å²) < 4.78 is 41.3. The number of hydrogen-bond donors (Lipinski definition) is 1. The molecule has 1 heterocycles. The van der Waals surface area contributed by atoms with E-state index in [1.165, 1.54) is 0 Å². The lowest BCUT2D eigenvalue weighted by Gasteiger charge is -2.32. The van der Waals surface area contributed by atoms with Crippen LogP contribution in [0.25, 0.3) is 0 Å². The third kappa shape index (κ3) is 7.66. The van der Waals surface area contributed by atoms with Crippen LogP contribution in [0.2, 0.25) is 0 Å². The highest BCUT2D eigenvalue weighted by Gasteiger charge is 2.38. The topological polar surface area (TPSA) is 93.7 Å². The van der Waals surface area contributed by atoms with Gasteiger partial charge in [0.1, 0.15) is 24.0 Å². The molecule has 0 spiro atoms. The van der Waals surface area contributed by atoms with Gasteiger partial charge in [-0.1, -0.05) is 60.7 Å². The van der Waals surface area contributed by atoms with E-state index in [0.29, 0.717) is 58.8 Å². The van der Waals surface area contributed by atoms with Gasteiger partial charge in [0.25, 0.3) is 0 Å². The Morgan fingerprint density at radius 3 is 1.93 bits per heavy atom. The molecule has 1 N–H and O–H groups in total. The molecule has 0 radical (unpaired) electrons. The van der Waals surface area contributed by atoms with E-state index in [2.05, 4.69) is 5.32 Å². The molecule has 9 nitrogen and oxygen atoms in total. The van der Waals surface area contributed by atoms with E-state index in [1.54, 1.807) is 21.3 Å². The van der Waals surface area contributed by atoms with Crippen LogP contribution in [0.4, 0.5) is 0 Å². The van der Waals surface area contributed by atoms with Crippen molar-refractivity contribution in [3.8, 4) is 34.5 Å². The summed E-state index contributed by atoms with van der Waals surface area (Å²) in [5, 5.41) is 3.51. The molecule has 242 valence electrons. The van der Waals surface area contributed by atoms with Crippen LogP contribution >= 0.6 is 0 Å². The molecule has 0 unspecified atom stereocenters. The van der Waals surface area contributed by atoms with Gasteiger partial charge in [-0.3, -0.25) is 10.1 Å². The third-order valence-electron chi connectivity index (χ3n) is 7.49. The van der Waals surface area contributed by atoms with Crippen LogP contribution in [0.15, 0.2) is 84.9 Å². The second kappa shape index (κ2) is 14.5. The van der Waals surface area contributed by atoms with Gasteiger partial charge < -0.3 is 33.2 Å². The van der Waals surface area contributed by atoms with E-state index in [1.807, 2.05) is 106 Å². The minimum atomic E-state index is -0.887. The first-order chi connectivity index (χ1) is 22.2. The van der Waals surface area contributed by atoms with Crippen molar-refractivity contribution in [1.29, 1.82) is 0 Å². The second-order valence-corrected chi connectivity index (χ2v) is 11.8. The fourth-order valence-corrected chi connectivity index (χ4v) is 5.40. The van der Waals surface area contributed by atoms with Crippen LogP contribution in [-0.2, 0) is 22.7 Å². The number of fused-ring (bicyclic) bond motifs is 1. The molecule has 4 aromatic carbocycles. The Morgan fingerprint density at radius 2 is 1.37 bits per heavy atom. The molecule has 0 aliphatic carbocycles. The summed E-state index contributed by atoms with van der Waals surface area (Å²) in [5.74, 6) is 1.85. The molecule has 1 aliphatic rings. The number of nitrogens with one attached hydrogen (secondary N) is 1. The van der Waals surface area contributed by atoms with E-state index >= 15 is 0 Å². The molecular weight excluding hydrogens is 586 g/mol. The highest BCUT2D eigenvalue weighted by Crippen LogP contribution is 2.47. The summed E-state index contributed by atoms with van der Waals surface area (Å²) >= 11 is 0. The maximum absolute atomic E-state index is 14.3. The Bertz CT molecular complexity index is 1590. The highest BCUT2D eigenvalue weighted by molar-refractivity contribution is 5.79. The zero-order chi connectivity index (χ0) is 32.7. The van der Waals surface area contributed by atoms with Crippen molar-refractivity contribution in [2.75, 3.05) is 28.1 Å². The number of esters is 1. The van der Waals surface area contributed by atoms with Gasteiger partial charge in [0.15, 0.2) is 23.0 Å². The molecule has 0 aromatic heterocycles. The summed E-state index contributed by atoms with van der Waals surface area (Å²) in [6.45, 7) is 6.32. The number of rotatable bonds is 13. The zero-order valence-corrected chi connectivity index (χ0v) is 27.1. The van der Waals surface area contributed by atoms with Crippen molar-refractivity contribution >= 4 is 5.97 Å². The second-order valence-electron chi connectivity index (χ2n) is 11.8. The van der Waals surface area contributed by atoms with E-state index in [4.69, 9.17) is 33.2 Å². The standard InChI is InChI=1S/C37H41NO8/c1-37(2,3)46-36(39)34(38-21-24-13-9-7-10-14-24)33(26-17-31(40-4)35(42-6)32(18-26)41-5)27-19-29-30(45-23-44-29)20-28(27)43-22-25-15-11-8-12-16-25/h7-20,33-34,38H,21-23H2,1-6H3/t33-,34+/m1/s1. The van der Waals surface area contributed by atoms with Crippen molar-refractivity contribution in [2.24, 2.45) is 0 Å². The van der Waals surface area contributed by atoms with E-state index in [0.717, 1.165) is 11.1 Å². The van der Waals surface area contributed by atoms with Crippen LogP contribution in [0.5, 0.6) is 34.5 Å². The van der Waals surface area contributed by atoms with Crippen LogP contribution in [0.3, 0.4) is 0 Å². The normalized spacial score (nSPS) is 13.4. The number of carbonyl (C=O) groups excluding carboxylic acids is 1. The molecule has 5 rings (SSSR count). The third-order valence-corrected chi connectivity index (χ3v) is 7.49. The smallest absolute Gasteiger partial charge is 0.324 e. The summed E-state index contributed by atoms with van der Waals surface area (Å²) in [5.41, 5.74) is 2.64. The maximum Gasteiger partial charge on any atom is 0.324 e. The van der Waals surface area contributed by atoms with Crippen molar-refractivity contribution in [3.05, 3.63) is 107 Å². The van der Waals surface area contributed by atoms with Gasteiger partial charge in [0, 0.05) is 24.1 Å². The van der Waals surface area contributed by atoms with Crippen molar-refractivity contribution in [3.63, 3.8) is 0 Å². The molecule has 0 fully saturated rings. The van der Waals surface area contributed by atoms with E-state index < -0.39 is 23.5 Å². The zero-order valence-electron chi connectivity index (χ0n) is 27.1. The molecule has 4 aromatic rings. The van der Waals surface area contributed by atoms with E-state index in [9.17, 15) is 4.79 Å². The van der Waals surface area contributed by atoms with E-state index in [-0.39, 0.29) is 6.79 Å². The first-order valence-corrected chi connectivity index (χ1v) is 15.1. The Hall–Kier alpha value is -4.89. The average molecular weight is 628 g/mol. The van der Waals surface area contributed by atoms with Gasteiger partial charge in [-0.15, -0.1) is 0 Å². The van der Waals surface area contributed by atoms with Gasteiger partial charge in [-0.05, 0) is 55.7 Å². The Labute approximate surface area is 270 Å². The van der Waals surface area contributed by atoms with Crippen LogP contribution in [-0.4, -0.2) is 45.7 Å². The molecule has 0 saturated heterocycles. The van der Waals surface area contributed by atoms with Crippen molar-refractivity contribution in [2.45, 2.75) is 51.5 Å². The Morgan fingerprint density at radius 1 is 0.783 bits per heavy atom. The molecule has 0 saturated carbocycles. The number of methoxy groups -OCH3 is 3. The highest BCUT2D eigenvalue weighted by atomic mass is 16.7. The first kappa shape index (κ1) is 32.5. The number of benzene rings is 4. The van der Waals surface area contributed by atoms with Crippen molar-refractivity contribution in [1.82, 2.24) is 5.32 Å². The quantitative estimate of drug-likeness (QED) is 0.164. The van der Waals surface area contributed by atoms with Gasteiger partial charge in [-0.2, -0.15) is 0 Å². The van der Waals surface area contributed by atoms with Gasteiger partial charge >= 0.3 is 5.97 Å². The fraction of sp³-hybridized carbons (Fsp3) is 0.324. The summed E-state index contributed by atoms with van der Waals surface area (Å²) in [6.07, 6.45) is 0. The molecule has 2 atom stereocenters. The van der Waals surface area contributed by atoms with Crippen LogP contribution in [0.1, 0.15) is 48.9 Å². The summed E-state index contributed by atoms with van der Waals surface area (Å²) in [4.78, 5) is 14.3. The fourth-order valence-electron chi connectivity index (χ4n) is 5.40. The average Bonchev–Trinajstić information content (AvgIpc) is 3.52. The predicted molar refractivity (Wildman–Crippen MR) is 174 cm³/mol. The predicted octanol–water partition coefficient (Wildman–Crippen LogP) is 6.65. The van der Waals surface area contributed by atoms with Gasteiger partial charge in [0.2, 0.25) is 12.5 Å². The molecular formula is C37H41NO8. The lowest BCUT2D eigenvalue weighted by Crippen LogP contribution is -2.45. The lowest BCUT2D eigenvalue weighted by molar-refractivity contribution is -0.158. The minimum absolute atomic E-state index is 0.0769. The molecule has 0 bridgehead atoms. The van der Waals surface area contributed by atoms with Gasteiger partial charge in [0.05, 0.1) is 21.3 Å². The number of ether oxygens (including phenoxy) is 7.